The molecule has 3 nitrogen and oxygen atoms in total. The second-order valence-electron chi connectivity index (χ2n) is 7.86. The van der Waals surface area contributed by atoms with E-state index in [1.54, 1.807) is 19.3 Å². The van der Waals surface area contributed by atoms with E-state index in [4.69, 9.17) is 9.15 Å². The highest BCUT2D eigenvalue weighted by molar-refractivity contribution is 5.87. The summed E-state index contributed by atoms with van der Waals surface area (Å²) in [6.07, 6.45) is 4.85. The molecule has 0 unspecified atom stereocenters. The van der Waals surface area contributed by atoms with Crippen molar-refractivity contribution in [1.29, 1.82) is 0 Å². The summed E-state index contributed by atoms with van der Waals surface area (Å²) in [6, 6.07) is 6.66. The SMILES string of the molecule is CCOC(=O)/C=C/c1cc(-c2c(C(C)C)cc(C(C)C)cc2C(C)C)co1. The van der Waals surface area contributed by atoms with Crippen LogP contribution in [0.5, 0.6) is 0 Å². The number of furan rings is 1. The Kier molecular flexibility index (Phi) is 7.06. The highest BCUT2D eigenvalue weighted by Crippen LogP contribution is 2.39. The summed E-state index contributed by atoms with van der Waals surface area (Å²) >= 11 is 0. The number of hydrogen-bond acceptors (Lipinski definition) is 3. The first-order valence-electron chi connectivity index (χ1n) is 9.86. The summed E-state index contributed by atoms with van der Waals surface area (Å²) in [4.78, 5) is 11.5. The molecule has 0 N–H and O–H groups in total. The summed E-state index contributed by atoms with van der Waals surface area (Å²) in [5.41, 5.74) is 6.36. The number of carbonyl (C=O) groups is 1. The van der Waals surface area contributed by atoms with Gasteiger partial charge in [0.1, 0.15) is 5.76 Å². The van der Waals surface area contributed by atoms with Gasteiger partial charge in [-0.05, 0) is 59.1 Å². The average Bonchev–Trinajstić information content (AvgIpc) is 3.07. The molecule has 1 aromatic heterocycles. The van der Waals surface area contributed by atoms with Crippen LogP contribution >= 0.6 is 0 Å². The van der Waals surface area contributed by atoms with E-state index in [0.29, 0.717) is 30.1 Å². The zero-order chi connectivity index (χ0) is 20.1. The standard InChI is InChI=1S/C24H32O3/c1-8-26-23(25)10-9-20-11-19(14-27-20)24-21(16(4)5)12-18(15(2)3)13-22(24)17(6)7/h9-17H,8H2,1-7H3/b10-9+. The van der Waals surface area contributed by atoms with E-state index in [9.17, 15) is 4.79 Å². The first-order valence-corrected chi connectivity index (χ1v) is 9.86. The third kappa shape index (κ3) is 5.12. The number of esters is 1. The first kappa shape index (κ1) is 21.0. The second-order valence-corrected chi connectivity index (χ2v) is 7.86. The van der Waals surface area contributed by atoms with Crippen LogP contribution in [0.4, 0.5) is 0 Å². The Hall–Kier alpha value is -2.29. The number of hydrogen-bond donors (Lipinski definition) is 0. The first-order chi connectivity index (χ1) is 12.7. The Morgan fingerprint density at radius 2 is 1.59 bits per heavy atom. The Morgan fingerprint density at radius 1 is 1.00 bits per heavy atom. The number of carbonyl (C=O) groups excluding carboxylic acids is 1. The van der Waals surface area contributed by atoms with Crippen LogP contribution in [0.2, 0.25) is 0 Å². The van der Waals surface area contributed by atoms with Crippen molar-refractivity contribution in [3.63, 3.8) is 0 Å². The minimum absolute atomic E-state index is 0.359. The molecule has 3 heteroatoms. The van der Waals surface area contributed by atoms with Gasteiger partial charge >= 0.3 is 5.97 Å². The van der Waals surface area contributed by atoms with Crippen molar-refractivity contribution in [3.8, 4) is 11.1 Å². The zero-order valence-corrected chi connectivity index (χ0v) is 17.6. The molecule has 0 aliphatic heterocycles. The summed E-state index contributed by atoms with van der Waals surface area (Å²) in [5.74, 6) is 1.59. The molecule has 0 radical (unpaired) electrons. The molecule has 0 saturated carbocycles. The van der Waals surface area contributed by atoms with Gasteiger partial charge < -0.3 is 9.15 Å². The van der Waals surface area contributed by atoms with Crippen molar-refractivity contribution in [2.45, 2.75) is 66.2 Å². The molecule has 0 atom stereocenters. The molecule has 0 bridgehead atoms. The summed E-state index contributed by atoms with van der Waals surface area (Å²) in [5, 5.41) is 0. The molecule has 0 aliphatic rings. The molecular formula is C24H32O3. The van der Waals surface area contributed by atoms with E-state index in [2.05, 4.69) is 53.7 Å². The molecule has 0 saturated heterocycles. The van der Waals surface area contributed by atoms with Gasteiger partial charge in [0.15, 0.2) is 0 Å². The van der Waals surface area contributed by atoms with Crippen molar-refractivity contribution in [3.05, 3.63) is 53.0 Å². The van der Waals surface area contributed by atoms with Crippen LogP contribution in [0.1, 0.15) is 88.7 Å². The third-order valence-corrected chi connectivity index (χ3v) is 4.71. The van der Waals surface area contributed by atoms with Crippen LogP contribution in [0.15, 0.2) is 35.0 Å². The third-order valence-electron chi connectivity index (χ3n) is 4.71. The fourth-order valence-corrected chi connectivity index (χ4v) is 3.20. The van der Waals surface area contributed by atoms with Crippen molar-refractivity contribution in [2.24, 2.45) is 0 Å². The van der Waals surface area contributed by atoms with Crippen molar-refractivity contribution >= 4 is 12.0 Å². The lowest BCUT2D eigenvalue weighted by atomic mass is 9.82. The molecular weight excluding hydrogens is 336 g/mol. The van der Waals surface area contributed by atoms with E-state index >= 15 is 0 Å². The van der Waals surface area contributed by atoms with Crippen molar-refractivity contribution in [1.82, 2.24) is 0 Å². The predicted octanol–water partition coefficient (Wildman–Crippen LogP) is 6.89. The van der Waals surface area contributed by atoms with Gasteiger partial charge in [-0.2, -0.15) is 0 Å². The smallest absolute Gasteiger partial charge is 0.330 e. The lowest BCUT2D eigenvalue weighted by Gasteiger charge is -2.22. The molecule has 2 aromatic rings. The van der Waals surface area contributed by atoms with Crippen LogP contribution in [0.25, 0.3) is 17.2 Å². The van der Waals surface area contributed by atoms with Crippen LogP contribution in [-0.4, -0.2) is 12.6 Å². The summed E-state index contributed by atoms with van der Waals surface area (Å²) in [6.45, 7) is 15.5. The van der Waals surface area contributed by atoms with Crippen molar-refractivity contribution < 1.29 is 13.9 Å². The zero-order valence-electron chi connectivity index (χ0n) is 17.6. The van der Waals surface area contributed by atoms with Crippen LogP contribution in [-0.2, 0) is 9.53 Å². The Labute approximate surface area is 163 Å². The minimum Gasteiger partial charge on any atom is -0.464 e. The fourth-order valence-electron chi connectivity index (χ4n) is 3.20. The van der Waals surface area contributed by atoms with Gasteiger partial charge in [0.2, 0.25) is 0 Å². The van der Waals surface area contributed by atoms with Gasteiger partial charge in [-0.3, -0.25) is 0 Å². The van der Waals surface area contributed by atoms with Gasteiger partial charge in [-0.1, -0.05) is 53.7 Å². The molecule has 27 heavy (non-hydrogen) atoms. The summed E-state index contributed by atoms with van der Waals surface area (Å²) in [7, 11) is 0. The highest BCUT2D eigenvalue weighted by atomic mass is 16.5. The number of rotatable bonds is 7. The Bertz CT molecular complexity index is 778. The molecule has 2 rings (SSSR count). The lowest BCUT2D eigenvalue weighted by Crippen LogP contribution is -2.03. The van der Waals surface area contributed by atoms with Crippen LogP contribution in [0, 0.1) is 0 Å². The second kappa shape index (κ2) is 9.07. The monoisotopic (exact) mass is 368 g/mol. The van der Waals surface area contributed by atoms with Gasteiger partial charge in [0.25, 0.3) is 0 Å². The van der Waals surface area contributed by atoms with Gasteiger partial charge in [0.05, 0.1) is 12.9 Å². The molecule has 0 aliphatic carbocycles. The topological polar surface area (TPSA) is 39.4 Å². The molecule has 0 fully saturated rings. The van der Waals surface area contributed by atoms with Crippen molar-refractivity contribution in [2.75, 3.05) is 6.61 Å². The maximum atomic E-state index is 11.5. The lowest BCUT2D eigenvalue weighted by molar-refractivity contribution is -0.137. The van der Waals surface area contributed by atoms with E-state index in [0.717, 1.165) is 5.56 Å². The van der Waals surface area contributed by atoms with Gasteiger partial charge in [0, 0.05) is 11.6 Å². The van der Waals surface area contributed by atoms with Crippen LogP contribution < -0.4 is 0 Å². The maximum absolute atomic E-state index is 11.5. The Morgan fingerprint density at radius 3 is 2.07 bits per heavy atom. The fraction of sp³-hybridized carbons (Fsp3) is 0.458. The van der Waals surface area contributed by atoms with E-state index in [-0.39, 0.29) is 5.97 Å². The quantitative estimate of drug-likeness (QED) is 0.394. The highest BCUT2D eigenvalue weighted by Gasteiger charge is 2.19. The van der Waals surface area contributed by atoms with Crippen LogP contribution in [0.3, 0.4) is 0 Å². The molecule has 1 aromatic carbocycles. The Balaban J connectivity index is 2.53. The predicted molar refractivity (Wildman–Crippen MR) is 112 cm³/mol. The molecule has 0 amide bonds. The van der Waals surface area contributed by atoms with E-state index in [1.165, 1.54) is 28.3 Å². The van der Waals surface area contributed by atoms with Gasteiger partial charge in [-0.15, -0.1) is 0 Å². The molecule has 0 spiro atoms. The van der Waals surface area contributed by atoms with E-state index in [1.807, 2.05) is 6.07 Å². The van der Waals surface area contributed by atoms with E-state index < -0.39 is 0 Å². The number of benzene rings is 1. The normalized spacial score (nSPS) is 11.9. The largest absolute Gasteiger partial charge is 0.464 e. The average molecular weight is 369 g/mol. The maximum Gasteiger partial charge on any atom is 0.330 e. The van der Waals surface area contributed by atoms with Gasteiger partial charge in [-0.25, -0.2) is 4.79 Å². The minimum atomic E-state index is -0.359. The number of ether oxygens (including phenoxy) is 1. The summed E-state index contributed by atoms with van der Waals surface area (Å²) < 4.78 is 10.6. The molecule has 1 heterocycles. The molecule has 146 valence electrons.